The van der Waals surface area contributed by atoms with Gasteiger partial charge in [-0.3, -0.25) is 0 Å². The lowest BCUT2D eigenvalue weighted by Gasteiger charge is -2.08. The molecule has 2 rings (SSSR count). The summed E-state index contributed by atoms with van der Waals surface area (Å²) in [6.45, 7) is -2.85. The quantitative estimate of drug-likeness (QED) is 0.900. The van der Waals surface area contributed by atoms with Crippen LogP contribution in [0.2, 0.25) is 0 Å². The lowest BCUT2D eigenvalue weighted by Crippen LogP contribution is -2.03. The lowest BCUT2D eigenvalue weighted by molar-refractivity contribution is -0.0494. The van der Waals surface area contributed by atoms with Gasteiger partial charge in [-0.05, 0) is 12.1 Å². The predicted octanol–water partition coefficient (Wildman–Crippen LogP) is 2.99. The maximum absolute atomic E-state index is 12.2. The fourth-order valence-electron chi connectivity index (χ4n) is 1.29. The van der Waals surface area contributed by atoms with Crippen LogP contribution < -0.4 is 10.5 Å². The van der Waals surface area contributed by atoms with Gasteiger partial charge < -0.3 is 10.5 Å². The topological polar surface area (TPSA) is 48.1 Å². The first kappa shape index (κ1) is 10.8. The largest absolute Gasteiger partial charge is 0.434 e. The van der Waals surface area contributed by atoms with Gasteiger partial charge in [0.15, 0.2) is 5.13 Å². The number of hydrogen-bond donors (Lipinski definition) is 1. The number of hydrogen-bond acceptors (Lipinski definition) is 4. The smallest absolute Gasteiger partial charge is 0.387 e. The van der Waals surface area contributed by atoms with Gasteiger partial charge in [0.2, 0.25) is 0 Å². The second-order valence-electron chi connectivity index (χ2n) is 2.95. The Balaban J connectivity index is 2.40. The minimum absolute atomic E-state index is 0.0998. The molecular formula is C10H8F2N2OS. The molecule has 0 aliphatic heterocycles. The average molecular weight is 242 g/mol. The van der Waals surface area contributed by atoms with Gasteiger partial charge in [-0.15, -0.1) is 11.3 Å². The Kier molecular flexibility index (Phi) is 3.00. The fourth-order valence-corrected chi connectivity index (χ4v) is 1.85. The van der Waals surface area contributed by atoms with E-state index >= 15 is 0 Å². The second kappa shape index (κ2) is 4.44. The summed E-state index contributed by atoms with van der Waals surface area (Å²) >= 11 is 1.25. The highest BCUT2D eigenvalue weighted by atomic mass is 32.1. The van der Waals surface area contributed by atoms with Crippen LogP contribution in [-0.4, -0.2) is 11.6 Å². The summed E-state index contributed by atoms with van der Waals surface area (Å²) in [7, 11) is 0. The normalized spacial score (nSPS) is 10.7. The zero-order valence-electron chi connectivity index (χ0n) is 8.06. The molecule has 0 unspecified atom stereocenters. The Bertz CT molecular complexity index is 487. The van der Waals surface area contributed by atoms with E-state index in [-0.39, 0.29) is 5.75 Å². The molecule has 2 aromatic rings. The maximum Gasteiger partial charge on any atom is 0.387 e. The van der Waals surface area contributed by atoms with Crippen molar-refractivity contribution in [3.05, 3.63) is 29.6 Å². The molecule has 0 aliphatic carbocycles. The van der Waals surface area contributed by atoms with Crippen molar-refractivity contribution in [2.75, 3.05) is 5.73 Å². The number of thiazole rings is 1. The van der Waals surface area contributed by atoms with Gasteiger partial charge in [-0.2, -0.15) is 8.78 Å². The summed E-state index contributed by atoms with van der Waals surface area (Å²) in [5.41, 5.74) is 6.54. The van der Waals surface area contributed by atoms with E-state index in [9.17, 15) is 8.78 Å². The van der Waals surface area contributed by atoms with Gasteiger partial charge in [0.25, 0.3) is 0 Å². The molecule has 6 heteroatoms. The SMILES string of the molecule is Nc1nc(-c2ccccc2OC(F)F)cs1. The summed E-state index contributed by atoms with van der Waals surface area (Å²) in [5.74, 6) is 0.0998. The highest BCUT2D eigenvalue weighted by Crippen LogP contribution is 2.32. The van der Waals surface area contributed by atoms with Crippen LogP contribution in [0.15, 0.2) is 29.6 Å². The molecule has 0 radical (unpaired) electrons. The Morgan fingerprint density at radius 2 is 2.06 bits per heavy atom. The molecular weight excluding hydrogens is 234 g/mol. The van der Waals surface area contributed by atoms with Crippen LogP contribution in [0, 0.1) is 0 Å². The van der Waals surface area contributed by atoms with E-state index in [0.29, 0.717) is 16.4 Å². The molecule has 0 bridgehead atoms. The third kappa shape index (κ3) is 2.27. The van der Waals surface area contributed by atoms with E-state index < -0.39 is 6.61 Å². The Labute approximate surface area is 94.5 Å². The van der Waals surface area contributed by atoms with Crippen molar-refractivity contribution in [1.29, 1.82) is 0 Å². The predicted molar refractivity (Wildman–Crippen MR) is 58.6 cm³/mol. The number of halogens is 2. The first-order valence-electron chi connectivity index (χ1n) is 4.42. The molecule has 1 aromatic carbocycles. The van der Waals surface area contributed by atoms with Gasteiger partial charge in [0, 0.05) is 10.9 Å². The van der Waals surface area contributed by atoms with Crippen LogP contribution in [0.4, 0.5) is 13.9 Å². The lowest BCUT2D eigenvalue weighted by atomic mass is 10.1. The summed E-state index contributed by atoms with van der Waals surface area (Å²) in [6.07, 6.45) is 0. The molecule has 0 saturated heterocycles. The van der Waals surface area contributed by atoms with Crippen molar-refractivity contribution < 1.29 is 13.5 Å². The second-order valence-corrected chi connectivity index (χ2v) is 3.84. The molecule has 16 heavy (non-hydrogen) atoms. The Morgan fingerprint density at radius 1 is 1.31 bits per heavy atom. The fraction of sp³-hybridized carbons (Fsp3) is 0.100. The number of anilines is 1. The average Bonchev–Trinajstić information content (AvgIpc) is 2.65. The van der Waals surface area contributed by atoms with E-state index in [4.69, 9.17) is 5.73 Å². The zero-order valence-corrected chi connectivity index (χ0v) is 8.88. The standard InChI is InChI=1S/C10H8F2N2OS/c11-9(12)15-8-4-2-1-3-6(8)7-5-16-10(13)14-7/h1-5,9H,(H2,13,14). The minimum atomic E-state index is -2.85. The minimum Gasteiger partial charge on any atom is -0.434 e. The van der Waals surface area contributed by atoms with Gasteiger partial charge in [0.1, 0.15) is 5.75 Å². The number of nitrogen functional groups attached to an aromatic ring is 1. The van der Waals surface area contributed by atoms with E-state index in [1.165, 1.54) is 17.4 Å². The van der Waals surface area contributed by atoms with Gasteiger partial charge >= 0.3 is 6.61 Å². The number of rotatable bonds is 3. The third-order valence-corrected chi connectivity index (χ3v) is 2.57. The van der Waals surface area contributed by atoms with Crippen LogP contribution in [-0.2, 0) is 0 Å². The summed E-state index contributed by atoms with van der Waals surface area (Å²) < 4.78 is 28.7. The van der Waals surface area contributed by atoms with E-state index in [1.54, 1.807) is 23.6 Å². The van der Waals surface area contributed by atoms with Crippen molar-refractivity contribution in [3.63, 3.8) is 0 Å². The van der Waals surface area contributed by atoms with E-state index in [0.717, 1.165) is 0 Å². The number of nitrogens with two attached hydrogens (primary N) is 1. The molecule has 0 saturated carbocycles. The van der Waals surface area contributed by atoms with Crippen molar-refractivity contribution in [2.45, 2.75) is 6.61 Å². The van der Waals surface area contributed by atoms with Crippen LogP contribution in [0.1, 0.15) is 0 Å². The summed E-state index contributed by atoms with van der Waals surface area (Å²) in [5, 5.41) is 2.09. The van der Waals surface area contributed by atoms with Crippen molar-refractivity contribution in [2.24, 2.45) is 0 Å². The number of benzene rings is 1. The van der Waals surface area contributed by atoms with Crippen molar-refractivity contribution >= 4 is 16.5 Å². The molecule has 84 valence electrons. The molecule has 3 nitrogen and oxygen atoms in total. The maximum atomic E-state index is 12.2. The molecule has 0 amide bonds. The van der Waals surface area contributed by atoms with Gasteiger partial charge in [0.05, 0.1) is 5.69 Å². The summed E-state index contributed by atoms with van der Waals surface area (Å²) in [4.78, 5) is 4.02. The highest BCUT2D eigenvalue weighted by Gasteiger charge is 2.12. The molecule has 1 aromatic heterocycles. The molecule has 0 aliphatic rings. The van der Waals surface area contributed by atoms with Gasteiger partial charge in [-0.1, -0.05) is 12.1 Å². The van der Waals surface area contributed by atoms with Crippen molar-refractivity contribution in [1.82, 2.24) is 4.98 Å². The number of para-hydroxylation sites is 1. The van der Waals surface area contributed by atoms with E-state index in [1.807, 2.05) is 0 Å². The zero-order chi connectivity index (χ0) is 11.5. The van der Waals surface area contributed by atoms with Crippen LogP contribution in [0.25, 0.3) is 11.3 Å². The van der Waals surface area contributed by atoms with E-state index in [2.05, 4.69) is 9.72 Å². The third-order valence-electron chi connectivity index (χ3n) is 1.90. The highest BCUT2D eigenvalue weighted by molar-refractivity contribution is 7.13. The van der Waals surface area contributed by atoms with Crippen LogP contribution in [0.3, 0.4) is 0 Å². The number of alkyl halides is 2. The first-order chi connectivity index (χ1) is 7.66. The first-order valence-corrected chi connectivity index (χ1v) is 5.30. The van der Waals surface area contributed by atoms with Crippen LogP contribution >= 0.6 is 11.3 Å². The molecule has 0 spiro atoms. The molecule has 1 heterocycles. The number of ether oxygens (including phenoxy) is 1. The van der Waals surface area contributed by atoms with Crippen molar-refractivity contribution in [3.8, 4) is 17.0 Å². The monoisotopic (exact) mass is 242 g/mol. The van der Waals surface area contributed by atoms with Crippen LogP contribution in [0.5, 0.6) is 5.75 Å². The Hall–Kier alpha value is -1.69. The molecule has 2 N–H and O–H groups in total. The summed E-state index contributed by atoms with van der Waals surface area (Å²) in [6, 6.07) is 6.48. The molecule has 0 fully saturated rings. The Morgan fingerprint density at radius 3 is 2.69 bits per heavy atom. The van der Waals surface area contributed by atoms with Gasteiger partial charge in [-0.25, -0.2) is 4.98 Å². The number of aromatic nitrogens is 1. The number of nitrogens with zero attached hydrogens (tertiary/aromatic N) is 1. The molecule has 0 atom stereocenters.